The van der Waals surface area contributed by atoms with Crippen LogP contribution < -0.4 is 10.1 Å². The fourth-order valence-electron chi connectivity index (χ4n) is 4.76. The summed E-state index contributed by atoms with van der Waals surface area (Å²) < 4.78 is 40.1. The average molecular weight is 551 g/mol. The van der Waals surface area contributed by atoms with Crippen LogP contribution in [-0.4, -0.2) is 52.5 Å². The van der Waals surface area contributed by atoms with E-state index in [1.165, 1.54) is 24.3 Å². The van der Waals surface area contributed by atoms with Gasteiger partial charge >= 0.3 is 6.09 Å². The largest absolute Gasteiger partial charge is 0.488 e. The summed E-state index contributed by atoms with van der Waals surface area (Å²) in [6.45, 7) is 2.49. The first-order chi connectivity index (χ1) is 17.6. The van der Waals surface area contributed by atoms with Gasteiger partial charge in [0.1, 0.15) is 24.0 Å². The van der Waals surface area contributed by atoms with Gasteiger partial charge in [0.05, 0.1) is 34.6 Å². The SMILES string of the molecule is C[C@H]1c2nn(C)c(-c3cc(F)cc(F)c3)c2CCN1C(=O)c1cc(Cl)cc(OC[C@@H]2CNC(=O)O2)c1Cl. The summed E-state index contributed by atoms with van der Waals surface area (Å²) in [7, 11) is 1.70. The van der Waals surface area contributed by atoms with Crippen molar-refractivity contribution in [2.75, 3.05) is 19.7 Å². The molecule has 0 radical (unpaired) electrons. The maximum atomic E-state index is 13.9. The number of carbonyl (C=O) groups excluding carboxylic acids is 2. The van der Waals surface area contributed by atoms with Crippen molar-refractivity contribution in [1.29, 1.82) is 0 Å². The van der Waals surface area contributed by atoms with E-state index < -0.39 is 29.9 Å². The van der Waals surface area contributed by atoms with E-state index in [2.05, 4.69) is 10.4 Å². The molecular formula is C25H22Cl2F2N4O4. The number of aromatic nitrogens is 2. The van der Waals surface area contributed by atoms with Gasteiger partial charge < -0.3 is 19.7 Å². The number of nitrogens with one attached hydrogen (secondary N) is 1. The molecule has 1 N–H and O–H groups in total. The number of rotatable bonds is 5. The quantitative estimate of drug-likeness (QED) is 0.487. The third-order valence-electron chi connectivity index (χ3n) is 6.45. The molecule has 3 heterocycles. The second kappa shape index (κ2) is 9.83. The minimum absolute atomic E-state index is 0.0350. The standard InChI is InChI=1S/C25H22Cl2F2N4O4/c1-12-22-18(23(32(2)31-22)13-5-15(28)9-16(29)6-13)3-4-33(12)24(34)19-7-14(26)8-20(21(19)27)36-11-17-10-30-25(35)37-17/h5-9,12,17H,3-4,10-11H2,1-2H3,(H,30,35)/t12-,17-/m0/s1. The number of hydrogen-bond acceptors (Lipinski definition) is 5. The Balaban J connectivity index is 1.41. The van der Waals surface area contributed by atoms with Crippen LogP contribution in [0.25, 0.3) is 11.3 Å². The van der Waals surface area contributed by atoms with Crippen LogP contribution in [0.1, 0.15) is 34.6 Å². The lowest BCUT2D eigenvalue weighted by atomic mass is 9.95. The van der Waals surface area contributed by atoms with Crippen LogP contribution in [0.2, 0.25) is 10.0 Å². The summed E-state index contributed by atoms with van der Waals surface area (Å²) >= 11 is 12.8. The zero-order valence-corrected chi connectivity index (χ0v) is 21.4. The van der Waals surface area contributed by atoms with Crippen LogP contribution >= 0.6 is 23.2 Å². The number of carbonyl (C=O) groups is 2. The molecule has 1 fully saturated rings. The molecule has 1 saturated heterocycles. The van der Waals surface area contributed by atoms with Gasteiger partial charge in [-0.15, -0.1) is 0 Å². The van der Waals surface area contributed by atoms with Crippen molar-refractivity contribution in [3.05, 3.63) is 68.8 Å². The highest BCUT2D eigenvalue weighted by Crippen LogP contribution is 2.39. The Morgan fingerprint density at radius 1 is 1.22 bits per heavy atom. The van der Waals surface area contributed by atoms with Crippen molar-refractivity contribution >= 4 is 35.2 Å². The van der Waals surface area contributed by atoms with Crippen LogP contribution in [0.5, 0.6) is 5.75 Å². The van der Waals surface area contributed by atoms with E-state index in [1.807, 2.05) is 6.92 Å². The summed E-state index contributed by atoms with van der Waals surface area (Å²) in [4.78, 5) is 26.5. The van der Waals surface area contributed by atoms with Crippen molar-refractivity contribution in [2.24, 2.45) is 7.05 Å². The number of halogens is 4. The Morgan fingerprint density at radius 2 is 1.95 bits per heavy atom. The summed E-state index contributed by atoms with van der Waals surface area (Å²) in [6.07, 6.45) is -0.596. The summed E-state index contributed by atoms with van der Waals surface area (Å²) in [5.41, 5.74) is 2.59. The third-order valence-corrected chi connectivity index (χ3v) is 7.05. The van der Waals surface area contributed by atoms with Gasteiger partial charge in [0.2, 0.25) is 0 Å². The molecule has 2 atom stereocenters. The number of benzene rings is 2. The number of cyclic esters (lactones) is 1. The van der Waals surface area contributed by atoms with E-state index in [-0.39, 0.29) is 33.9 Å². The number of hydrogen-bond donors (Lipinski definition) is 1. The molecule has 2 aliphatic rings. The maximum Gasteiger partial charge on any atom is 0.407 e. The van der Waals surface area contributed by atoms with Crippen LogP contribution in [-0.2, 0) is 18.2 Å². The Hall–Kier alpha value is -3.37. The van der Waals surface area contributed by atoms with Gasteiger partial charge in [-0.2, -0.15) is 5.10 Å². The lowest BCUT2D eigenvalue weighted by Crippen LogP contribution is -2.39. The van der Waals surface area contributed by atoms with E-state index >= 15 is 0 Å². The molecular weight excluding hydrogens is 529 g/mol. The normalized spacial score (nSPS) is 18.9. The molecule has 5 rings (SSSR count). The second-order valence-corrected chi connectivity index (χ2v) is 9.72. The Kier molecular flexibility index (Phi) is 6.72. The molecule has 0 aliphatic carbocycles. The molecule has 2 amide bonds. The zero-order chi connectivity index (χ0) is 26.4. The first kappa shape index (κ1) is 25.3. The van der Waals surface area contributed by atoms with Crippen LogP contribution in [0, 0.1) is 11.6 Å². The smallest absolute Gasteiger partial charge is 0.407 e. The van der Waals surface area contributed by atoms with Crippen LogP contribution in [0.15, 0.2) is 30.3 Å². The molecule has 37 heavy (non-hydrogen) atoms. The van der Waals surface area contributed by atoms with Gasteiger partial charge in [-0.1, -0.05) is 23.2 Å². The number of nitrogens with zero attached hydrogens (tertiary/aromatic N) is 3. The number of fused-ring (bicyclic) bond motifs is 1. The molecule has 2 aromatic carbocycles. The minimum atomic E-state index is -0.679. The van der Waals surface area contributed by atoms with Gasteiger partial charge in [-0.3, -0.25) is 9.48 Å². The van der Waals surface area contributed by atoms with Crippen molar-refractivity contribution in [3.8, 4) is 17.0 Å². The van der Waals surface area contributed by atoms with Crippen molar-refractivity contribution in [2.45, 2.75) is 25.5 Å². The van der Waals surface area contributed by atoms with E-state index in [0.717, 1.165) is 11.6 Å². The number of ether oxygens (including phenoxy) is 2. The van der Waals surface area contributed by atoms with Gasteiger partial charge in [0, 0.05) is 41.9 Å². The van der Waals surface area contributed by atoms with E-state index in [4.69, 9.17) is 32.7 Å². The molecule has 3 aromatic rings. The predicted octanol–water partition coefficient (Wildman–Crippen LogP) is 4.92. The third kappa shape index (κ3) is 4.83. The lowest BCUT2D eigenvalue weighted by molar-refractivity contribution is 0.0673. The monoisotopic (exact) mass is 550 g/mol. The van der Waals surface area contributed by atoms with Crippen molar-refractivity contribution in [3.63, 3.8) is 0 Å². The van der Waals surface area contributed by atoms with Crippen LogP contribution in [0.3, 0.4) is 0 Å². The highest BCUT2D eigenvalue weighted by Gasteiger charge is 2.35. The summed E-state index contributed by atoms with van der Waals surface area (Å²) in [6, 6.07) is 5.86. The van der Waals surface area contributed by atoms with Crippen molar-refractivity contribution in [1.82, 2.24) is 20.0 Å². The molecule has 12 heteroatoms. The number of aryl methyl sites for hydroxylation is 1. The molecule has 8 nitrogen and oxygen atoms in total. The fraction of sp³-hybridized carbons (Fsp3) is 0.320. The molecule has 0 bridgehead atoms. The summed E-state index contributed by atoms with van der Waals surface area (Å²) in [5, 5.41) is 7.45. The highest BCUT2D eigenvalue weighted by molar-refractivity contribution is 6.37. The molecule has 2 aliphatic heterocycles. The van der Waals surface area contributed by atoms with E-state index in [0.29, 0.717) is 36.5 Å². The van der Waals surface area contributed by atoms with Crippen molar-refractivity contribution < 1.29 is 27.8 Å². The topological polar surface area (TPSA) is 85.7 Å². The summed E-state index contributed by atoms with van der Waals surface area (Å²) in [5.74, 6) is -1.53. The van der Waals surface area contributed by atoms with E-state index in [1.54, 1.807) is 16.6 Å². The number of amides is 2. The predicted molar refractivity (Wildman–Crippen MR) is 132 cm³/mol. The Morgan fingerprint density at radius 3 is 2.62 bits per heavy atom. The lowest BCUT2D eigenvalue weighted by Gasteiger charge is -2.33. The molecule has 0 saturated carbocycles. The van der Waals surface area contributed by atoms with Gasteiger partial charge in [-0.05, 0) is 31.5 Å². The van der Waals surface area contributed by atoms with Gasteiger partial charge in [0.15, 0.2) is 6.10 Å². The number of alkyl carbamates (subject to hydrolysis) is 1. The van der Waals surface area contributed by atoms with Gasteiger partial charge in [-0.25, -0.2) is 13.6 Å². The first-order valence-electron chi connectivity index (χ1n) is 11.5. The van der Waals surface area contributed by atoms with E-state index in [9.17, 15) is 18.4 Å². The highest BCUT2D eigenvalue weighted by atomic mass is 35.5. The first-order valence-corrected chi connectivity index (χ1v) is 12.3. The van der Waals surface area contributed by atoms with Crippen LogP contribution in [0.4, 0.5) is 13.6 Å². The molecule has 1 aromatic heterocycles. The Labute approximate surface area is 221 Å². The second-order valence-electron chi connectivity index (χ2n) is 8.90. The maximum absolute atomic E-state index is 13.9. The minimum Gasteiger partial charge on any atom is -0.488 e. The Bertz CT molecular complexity index is 1390. The van der Waals surface area contributed by atoms with Gasteiger partial charge in [0.25, 0.3) is 5.91 Å². The zero-order valence-electron chi connectivity index (χ0n) is 19.9. The molecule has 194 valence electrons. The molecule has 0 spiro atoms. The average Bonchev–Trinajstić information content (AvgIpc) is 3.41. The fourth-order valence-corrected chi connectivity index (χ4v) is 5.21. The molecule has 0 unspecified atom stereocenters.